The Morgan fingerprint density at radius 2 is 1.81 bits per heavy atom. The van der Waals surface area contributed by atoms with Gasteiger partial charge in [-0.25, -0.2) is 0 Å². The van der Waals surface area contributed by atoms with Gasteiger partial charge in [0, 0.05) is 31.7 Å². The van der Waals surface area contributed by atoms with Gasteiger partial charge in [-0.15, -0.1) is 0 Å². The van der Waals surface area contributed by atoms with Crippen LogP contribution in [-0.2, 0) is 0 Å². The second kappa shape index (κ2) is 9.84. The van der Waals surface area contributed by atoms with Gasteiger partial charge < -0.3 is 5.32 Å². The monoisotopic (exact) mass is 296 g/mol. The summed E-state index contributed by atoms with van der Waals surface area (Å²) in [4.78, 5) is 2.82. The Labute approximate surface area is 134 Å². The van der Waals surface area contributed by atoms with Gasteiger partial charge in [0.15, 0.2) is 0 Å². The summed E-state index contributed by atoms with van der Waals surface area (Å²) in [5.41, 5.74) is 0. The fraction of sp³-hybridized carbons (Fsp3) is 1.00. The first-order valence-electron chi connectivity index (χ1n) is 9.50. The van der Waals surface area contributed by atoms with Gasteiger partial charge in [0.1, 0.15) is 0 Å². The van der Waals surface area contributed by atoms with Crippen LogP contribution >= 0.6 is 0 Å². The average molecular weight is 297 g/mol. The van der Waals surface area contributed by atoms with E-state index in [1.807, 2.05) is 0 Å². The molecule has 2 nitrogen and oxygen atoms in total. The SMILES string of the molecule is CCCCC(CC)CN1CC(C(C)CC)NCC1C(C)C. The van der Waals surface area contributed by atoms with Gasteiger partial charge in [-0.1, -0.05) is 67.2 Å². The van der Waals surface area contributed by atoms with E-state index in [1.165, 1.54) is 51.7 Å². The molecule has 1 rings (SSSR count). The van der Waals surface area contributed by atoms with Crippen LogP contribution in [0.2, 0.25) is 0 Å². The summed E-state index contributed by atoms with van der Waals surface area (Å²) >= 11 is 0. The fourth-order valence-corrected chi connectivity index (χ4v) is 3.64. The minimum atomic E-state index is 0.689. The van der Waals surface area contributed by atoms with Crippen LogP contribution in [0.4, 0.5) is 0 Å². The fourth-order valence-electron chi connectivity index (χ4n) is 3.64. The van der Waals surface area contributed by atoms with Gasteiger partial charge in [-0.3, -0.25) is 4.90 Å². The lowest BCUT2D eigenvalue weighted by Crippen LogP contribution is -2.60. The smallest absolute Gasteiger partial charge is 0.0244 e. The molecular weight excluding hydrogens is 256 g/mol. The molecule has 126 valence electrons. The Balaban J connectivity index is 2.65. The highest BCUT2D eigenvalue weighted by atomic mass is 15.2. The lowest BCUT2D eigenvalue weighted by molar-refractivity contribution is 0.0646. The van der Waals surface area contributed by atoms with Crippen molar-refractivity contribution >= 4 is 0 Å². The number of hydrogen-bond donors (Lipinski definition) is 1. The molecule has 1 saturated heterocycles. The summed E-state index contributed by atoms with van der Waals surface area (Å²) in [5, 5.41) is 3.82. The zero-order chi connectivity index (χ0) is 15.8. The Morgan fingerprint density at radius 3 is 2.33 bits per heavy atom. The molecule has 0 spiro atoms. The average Bonchev–Trinajstić information content (AvgIpc) is 2.50. The highest BCUT2D eigenvalue weighted by molar-refractivity contribution is 4.90. The van der Waals surface area contributed by atoms with E-state index in [0.29, 0.717) is 6.04 Å². The molecule has 0 aromatic heterocycles. The standard InChI is InChI=1S/C19H40N2/c1-7-10-11-17(9-3)13-21-14-18(16(6)8-2)20-12-19(21)15(4)5/h15-20H,7-14H2,1-6H3. The summed E-state index contributed by atoms with van der Waals surface area (Å²) in [6.07, 6.45) is 6.76. The van der Waals surface area contributed by atoms with Gasteiger partial charge in [0.25, 0.3) is 0 Å². The normalized spacial score (nSPS) is 27.0. The molecule has 0 saturated carbocycles. The molecule has 0 aliphatic carbocycles. The number of nitrogens with one attached hydrogen (secondary N) is 1. The second-order valence-electron chi connectivity index (χ2n) is 7.58. The van der Waals surface area contributed by atoms with Crippen LogP contribution in [0.1, 0.15) is 73.6 Å². The largest absolute Gasteiger partial charge is 0.311 e. The van der Waals surface area contributed by atoms with Gasteiger partial charge >= 0.3 is 0 Å². The topological polar surface area (TPSA) is 15.3 Å². The molecular formula is C19H40N2. The van der Waals surface area contributed by atoms with Crippen molar-refractivity contribution in [1.82, 2.24) is 10.2 Å². The Kier molecular flexibility index (Phi) is 8.89. The molecule has 1 heterocycles. The third kappa shape index (κ3) is 5.90. The van der Waals surface area contributed by atoms with Crippen molar-refractivity contribution in [2.75, 3.05) is 19.6 Å². The van der Waals surface area contributed by atoms with Crippen molar-refractivity contribution in [1.29, 1.82) is 0 Å². The minimum Gasteiger partial charge on any atom is -0.311 e. The summed E-state index contributed by atoms with van der Waals surface area (Å²) in [6, 6.07) is 1.41. The molecule has 0 aromatic rings. The van der Waals surface area contributed by atoms with Crippen LogP contribution in [0, 0.1) is 17.8 Å². The van der Waals surface area contributed by atoms with Gasteiger partial charge in [-0.05, 0) is 24.2 Å². The second-order valence-corrected chi connectivity index (χ2v) is 7.58. The van der Waals surface area contributed by atoms with E-state index >= 15 is 0 Å². The minimum absolute atomic E-state index is 0.689. The highest BCUT2D eigenvalue weighted by Gasteiger charge is 2.32. The highest BCUT2D eigenvalue weighted by Crippen LogP contribution is 2.23. The Hall–Kier alpha value is -0.0800. The molecule has 0 aromatic carbocycles. The third-order valence-corrected chi connectivity index (χ3v) is 5.63. The van der Waals surface area contributed by atoms with Crippen LogP contribution in [0.3, 0.4) is 0 Å². The molecule has 2 heteroatoms. The van der Waals surface area contributed by atoms with Crippen molar-refractivity contribution in [3.8, 4) is 0 Å². The molecule has 0 radical (unpaired) electrons. The van der Waals surface area contributed by atoms with E-state index in [2.05, 4.69) is 51.8 Å². The molecule has 0 bridgehead atoms. The predicted molar refractivity (Wildman–Crippen MR) is 94.8 cm³/mol. The lowest BCUT2D eigenvalue weighted by atomic mass is 9.90. The molecule has 1 fully saturated rings. The summed E-state index contributed by atoms with van der Waals surface area (Å²) in [6.45, 7) is 17.9. The van der Waals surface area contributed by atoms with Crippen molar-refractivity contribution in [2.24, 2.45) is 17.8 Å². The lowest BCUT2D eigenvalue weighted by Gasteiger charge is -2.45. The van der Waals surface area contributed by atoms with Crippen LogP contribution in [0.15, 0.2) is 0 Å². The van der Waals surface area contributed by atoms with E-state index < -0.39 is 0 Å². The molecule has 1 N–H and O–H groups in total. The van der Waals surface area contributed by atoms with Crippen LogP contribution in [0.25, 0.3) is 0 Å². The Bertz CT molecular complexity index is 264. The summed E-state index contributed by atoms with van der Waals surface area (Å²) in [7, 11) is 0. The van der Waals surface area contributed by atoms with Gasteiger partial charge in [0.05, 0.1) is 0 Å². The maximum atomic E-state index is 3.82. The van der Waals surface area contributed by atoms with E-state index in [1.54, 1.807) is 0 Å². The predicted octanol–water partition coefficient (Wildman–Crippen LogP) is 4.55. The van der Waals surface area contributed by atoms with E-state index in [-0.39, 0.29) is 0 Å². The van der Waals surface area contributed by atoms with Crippen molar-refractivity contribution in [3.63, 3.8) is 0 Å². The number of hydrogen-bond acceptors (Lipinski definition) is 2. The number of unbranched alkanes of at least 4 members (excludes halogenated alkanes) is 1. The Morgan fingerprint density at radius 1 is 1.10 bits per heavy atom. The molecule has 21 heavy (non-hydrogen) atoms. The molecule has 1 aliphatic rings. The van der Waals surface area contributed by atoms with E-state index in [9.17, 15) is 0 Å². The van der Waals surface area contributed by atoms with Crippen molar-refractivity contribution in [2.45, 2.75) is 85.7 Å². The van der Waals surface area contributed by atoms with Crippen molar-refractivity contribution < 1.29 is 0 Å². The maximum Gasteiger partial charge on any atom is 0.0244 e. The maximum absolute atomic E-state index is 3.82. The zero-order valence-electron chi connectivity index (χ0n) is 15.5. The first-order valence-corrected chi connectivity index (χ1v) is 9.50. The van der Waals surface area contributed by atoms with Crippen LogP contribution < -0.4 is 5.32 Å². The molecule has 4 atom stereocenters. The third-order valence-electron chi connectivity index (χ3n) is 5.63. The molecule has 1 aliphatic heterocycles. The number of piperazine rings is 1. The van der Waals surface area contributed by atoms with Crippen LogP contribution in [0.5, 0.6) is 0 Å². The first-order chi connectivity index (χ1) is 10.0. The van der Waals surface area contributed by atoms with E-state index in [0.717, 1.165) is 23.8 Å². The van der Waals surface area contributed by atoms with Gasteiger partial charge in [0.2, 0.25) is 0 Å². The zero-order valence-corrected chi connectivity index (χ0v) is 15.5. The van der Waals surface area contributed by atoms with Crippen molar-refractivity contribution in [3.05, 3.63) is 0 Å². The molecule has 0 amide bonds. The van der Waals surface area contributed by atoms with E-state index in [4.69, 9.17) is 0 Å². The molecule has 4 unspecified atom stereocenters. The number of rotatable bonds is 9. The quantitative estimate of drug-likeness (QED) is 0.671. The number of nitrogens with zero attached hydrogens (tertiary/aromatic N) is 1. The summed E-state index contributed by atoms with van der Waals surface area (Å²) < 4.78 is 0. The summed E-state index contributed by atoms with van der Waals surface area (Å²) in [5.74, 6) is 2.43. The van der Waals surface area contributed by atoms with Gasteiger partial charge in [-0.2, -0.15) is 0 Å². The van der Waals surface area contributed by atoms with Crippen LogP contribution in [-0.4, -0.2) is 36.6 Å². The first kappa shape index (κ1) is 19.0.